The lowest BCUT2D eigenvalue weighted by atomic mass is 10.1. The molecule has 2 aliphatic heterocycles. The molecule has 3 rings (SSSR count). The van der Waals surface area contributed by atoms with E-state index in [-0.39, 0.29) is 24.9 Å². The molecule has 0 bridgehead atoms. The van der Waals surface area contributed by atoms with Crippen LogP contribution in [0.15, 0.2) is 57.3 Å². The summed E-state index contributed by atoms with van der Waals surface area (Å²) in [6.45, 7) is 6.06. The van der Waals surface area contributed by atoms with E-state index in [1.54, 1.807) is 12.1 Å². The number of oxime groups is 1. The topological polar surface area (TPSA) is 134 Å². The van der Waals surface area contributed by atoms with Crippen molar-refractivity contribution >= 4 is 42.4 Å². The van der Waals surface area contributed by atoms with Gasteiger partial charge in [-0.2, -0.15) is 0 Å². The van der Waals surface area contributed by atoms with Crippen molar-refractivity contribution in [3.8, 4) is 0 Å². The van der Waals surface area contributed by atoms with Crippen molar-refractivity contribution in [1.82, 2.24) is 10.2 Å². The maximum absolute atomic E-state index is 13.1. The Labute approximate surface area is 203 Å². The van der Waals surface area contributed by atoms with Crippen LogP contribution in [0.5, 0.6) is 0 Å². The molecule has 1 unspecified atom stereocenters. The second-order valence-corrected chi connectivity index (χ2v) is 7.71. The number of aldehydes is 1. The Hall–Kier alpha value is -4.28. The van der Waals surface area contributed by atoms with Crippen molar-refractivity contribution in [3.63, 3.8) is 0 Å². The number of anilines is 1. The summed E-state index contributed by atoms with van der Waals surface area (Å²) in [5.41, 5.74) is 3.02. The van der Waals surface area contributed by atoms with E-state index in [0.717, 1.165) is 23.3 Å². The van der Waals surface area contributed by atoms with Crippen molar-refractivity contribution in [3.05, 3.63) is 53.3 Å². The van der Waals surface area contributed by atoms with Crippen LogP contribution >= 0.6 is 0 Å². The third kappa shape index (κ3) is 6.62. The van der Waals surface area contributed by atoms with Gasteiger partial charge in [0, 0.05) is 23.9 Å². The first kappa shape index (κ1) is 25.3. The number of aliphatic imine (C=N–C) groups is 2. The van der Waals surface area contributed by atoms with Crippen LogP contribution in [0.2, 0.25) is 0 Å². The highest BCUT2D eigenvalue weighted by Gasteiger charge is 2.32. The maximum Gasteiger partial charge on any atom is 0.406 e. The van der Waals surface area contributed by atoms with E-state index < -0.39 is 12.1 Å². The maximum atomic E-state index is 13.1. The summed E-state index contributed by atoms with van der Waals surface area (Å²) in [4.78, 5) is 50.3. The zero-order valence-corrected chi connectivity index (χ0v) is 19.7. The van der Waals surface area contributed by atoms with Gasteiger partial charge in [-0.3, -0.25) is 9.79 Å². The molecule has 0 radical (unpaired) electrons. The van der Waals surface area contributed by atoms with Crippen LogP contribution < -0.4 is 10.6 Å². The van der Waals surface area contributed by atoms with Crippen molar-refractivity contribution in [2.45, 2.75) is 25.8 Å². The first-order chi connectivity index (χ1) is 17.0. The standard InChI is InChI=1S/C24H28N6O5/c1-16-6-8-18(22(25-2)29-35-12-10-26-24(33)34-3)13-19(16)28-23(32)20-14-27-21-9-7-17(5-4-11-31)15-30(20)21/h6-9,11,13,15,20H,2,4-5,10,12,14H2,1,3H3,(H,26,33)(H,28,32)/b29-22-. The SMILES string of the molecule is C=N/C(=N\OCCNC(=O)OC)c1ccc(C)c(NC(=O)C2CN=C3C=CC(CCC=O)=CN32)c1. The number of hydrogen-bond donors (Lipinski definition) is 2. The van der Waals surface area contributed by atoms with Crippen LogP contribution in [-0.4, -0.2) is 74.4 Å². The van der Waals surface area contributed by atoms with Gasteiger partial charge in [-0.1, -0.05) is 23.4 Å². The number of hydrogen-bond acceptors (Lipinski definition) is 8. The monoisotopic (exact) mass is 480 g/mol. The Morgan fingerprint density at radius 1 is 1.34 bits per heavy atom. The van der Waals surface area contributed by atoms with Crippen molar-refractivity contribution in [2.75, 3.05) is 32.1 Å². The predicted octanol–water partition coefficient (Wildman–Crippen LogP) is 2.18. The minimum Gasteiger partial charge on any atom is -0.453 e. The summed E-state index contributed by atoms with van der Waals surface area (Å²) in [5, 5.41) is 9.42. The number of nitrogens with zero attached hydrogens (tertiary/aromatic N) is 4. The second kappa shape index (κ2) is 12.3. The largest absolute Gasteiger partial charge is 0.453 e. The highest BCUT2D eigenvalue weighted by molar-refractivity contribution is 6.06. The molecular formula is C24H28N6O5. The normalized spacial score (nSPS) is 16.6. The van der Waals surface area contributed by atoms with E-state index in [1.807, 2.05) is 36.2 Å². The molecule has 0 aromatic heterocycles. The lowest BCUT2D eigenvalue weighted by Gasteiger charge is -2.26. The van der Waals surface area contributed by atoms with Crippen molar-refractivity contribution in [1.29, 1.82) is 0 Å². The van der Waals surface area contributed by atoms with E-state index in [9.17, 15) is 14.4 Å². The zero-order chi connectivity index (χ0) is 25.2. The van der Waals surface area contributed by atoms with Gasteiger partial charge < -0.3 is 29.9 Å². The molecule has 2 aliphatic rings. The highest BCUT2D eigenvalue weighted by atomic mass is 16.6. The molecule has 0 spiro atoms. The molecule has 1 atom stereocenters. The first-order valence-electron chi connectivity index (χ1n) is 11.0. The van der Waals surface area contributed by atoms with Gasteiger partial charge in [-0.05, 0) is 43.3 Å². The van der Waals surface area contributed by atoms with Gasteiger partial charge in [0.2, 0.25) is 5.91 Å². The van der Waals surface area contributed by atoms with E-state index in [0.29, 0.717) is 30.6 Å². The number of amidine groups is 2. The van der Waals surface area contributed by atoms with Gasteiger partial charge in [-0.25, -0.2) is 9.79 Å². The van der Waals surface area contributed by atoms with E-state index in [1.165, 1.54) is 7.11 Å². The molecule has 0 aliphatic carbocycles. The third-order valence-corrected chi connectivity index (χ3v) is 5.33. The van der Waals surface area contributed by atoms with Gasteiger partial charge >= 0.3 is 6.09 Å². The fourth-order valence-corrected chi connectivity index (χ4v) is 3.45. The fraction of sp³-hybridized carbons (Fsp3) is 0.333. The Morgan fingerprint density at radius 3 is 2.91 bits per heavy atom. The highest BCUT2D eigenvalue weighted by Crippen LogP contribution is 2.24. The molecule has 2 amide bonds. The van der Waals surface area contributed by atoms with Crippen LogP contribution in [0.4, 0.5) is 10.5 Å². The molecule has 2 heterocycles. The average Bonchev–Trinajstić information content (AvgIpc) is 3.29. The smallest absolute Gasteiger partial charge is 0.406 e. The minimum atomic E-state index is -0.563. The number of fused-ring (bicyclic) bond motifs is 1. The third-order valence-electron chi connectivity index (χ3n) is 5.33. The second-order valence-electron chi connectivity index (χ2n) is 7.71. The van der Waals surface area contributed by atoms with Gasteiger partial charge in [0.25, 0.3) is 0 Å². The zero-order valence-electron chi connectivity index (χ0n) is 19.7. The predicted molar refractivity (Wildman–Crippen MR) is 133 cm³/mol. The van der Waals surface area contributed by atoms with Crippen molar-refractivity contribution < 1.29 is 24.0 Å². The number of alkyl carbamates (subject to hydrolysis) is 1. The number of carbonyl (C=O) groups is 3. The van der Waals surface area contributed by atoms with Gasteiger partial charge in [0.1, 0.15) is 24.8 Å². The number of benzene rings is 1. The quantitative estimate of drug-likeness (QED) is 0.173. The number of aryl methyl sites for hydroxylation is 1. The van der Waals surface area contributed by atoms with Crippen molar-refractivity contribution in [2.24, 2.45) is 15.1 Å². The van der Waals surface area contributed by atoms with Crippen LogP contribution in [-0.2, 0) is 19.2 Å². The first-order valence-corrected chi connectivity index (χ1v) is 11.0. The van der Waals surface area contributed by atoms with Crippen LogP contribution in [0.1, 0.15) is 24.0 Å². The molecule has 35 heavy (non-hydrogen) atoms. The van der Waals surface area contributed by atoms with Gasteiger partial charge in [0.05, 0.1) is 20.2 Å². The molecule has 1 aromatic carbocycles. The fourth-order valence-electron chi connectivity index (χ4n) is 3.45. The Bertz CT molecular complexity index is 1110. The van der Waals surface area contributed by atoms with E-state index >= 15 is 0 Å². The Kier molecular flexibility index (Phi) is 8.88. The molecule has 2 N–H and O–H groups in total. The molecule has 0 saturated heterocycles. The summed E-state index contributed by atoms with van der Waals surface area (Å²) >= 11 is 0. The minimum absolute atomic E-state index is 0.111. The lowest BCUT2D eigenvalue weighted by molar-refractivity contribution is -0.119. The van der Waals surface area contributed by atoms with Crippen LogP contribution in [0.3, 0.4) is 0 Å². The molecule has 184 valence electrons. The number of rotatable bonds is 10. The average molecular weight is 481 g/mol. The molecule has 11 heteroatoms. The molecule has 0 fully saturated rings. The summed E-state index contributed by atoms with van der Waals surface area (Å²) < 4.78 is 4.48. The lowest BCUT2D eigenvalue weighted by Crippen LogP contribution is -2.42. The van der Waals surface area contributed by atoms with E-state index in [4.69, 9.17) is 4.84 Å². The van der Waals surface area contributed by atoms with Crippen LogP contribution in [0, 0.1) is 6.92 Å². The van der Waals surface area contributed by atoms with Gasteiger partial charge in [-0.15, -0.1) is 0 Å². The number of allylic oxidation sites excluding steroid dienone is 2. The summed E-state index contributed by atoms with van der Waals surface area (Å²) in [5.74, 6) is 0.740. The number of amides is 2. The number of carbonyl (C=O) groups excluding carboxylic acids is 3. The molecule has 11 nitrogen and oxygen atoms in total. The number of nitrogens with one attached hydrogen (secondary N) is 2. The summed E-state index contributed by atoms with van der Waals surface area (Å²) in [6.07, 6.45) is 7.00. The summed E-state index contributed by atoms with van der Waals surface area (Å²) in [7, 11) is 1.27. The molecular weight excluding hydrogens is 452 g/mol. The summed E-state index contributed by atoms with van der Waals surface area (Å²) in [6, 6.07) is 4.88. The number of methoxy groups -OCH3 is 1. The Balaban J connectivity index is 1.67. The van der Waals surface area contributed by atoms with Gasteiger partial charge in [0.15, 0.2) is 5.84 Å². The Morgan fingerprint density at radius 2 is 2.17 bits per heavy atom. The molecule has 1 aromatic rings. The molecule has 0 saturated carbocycles. The number of ether oxygens (including phenoxy) is 1. The van der Waals surface area contributed by atoms with E-state index in [2.05, 4.69) is 37.2 Å². The van der Waals surface area contributed by atoms with Crippen LogP contribution in [0.25, 0.3) is 0 Å².